The molecule has 64 valence electrons. The van der Waals surface area contributed by atoms with E-state index >= 15 is 0 Å². The molecule has 0 aromatic carbocycles. The van der Waals surface area contributed by atoms with E-state index in [-0.39, 0.29) is 5.97 Å². The van der Waals surface area contributed by atoms with E-state index in [4.69, 9.17) is 4.74 Å². The molecule has 0 aliphatic carbocycles. The molecule has 3 nitrogen and oxygen atoms in total. The molecule has 1 saturated heterocycles. The first-order chi connectivity index (χ1) is 5.29. The van der Waals surface area contributed by atoms with Crippen LogP contribution in [0.25, 0.3) is 0 Å². The zero-order valence-electron chi connectivity index (χ0n) is 6.93. The van der Waals surface area contributed by atoms with Crippen LogP contribution in [0.15, 0.2) is 0 Å². The second-order valence-electron chi connectivity index (χ2n) is 2.92. The van der Waals surface area contributed by atoms with Crippen LogP contribution in [0.3, 0.4) is 0 Å². The van der Waals surface area contributed by atoms with Gasteiger partial charge in [0.25, 0.3) is 0 Å². The highest BCUT2D eigenvalue weighted by molar-refractivity contribution is 5.65. The number of hydrogen-bond acceptors (Lipinski definition) is 3. The molecule has 0 aromatic heterocycles. The van der Waals surface area contributed by atoms with Gasteiger partial charge in [-0.25, -0.2) is 0 Å². The Labute approximate surface area is 67.1 Å². The van der Waals surface area contributed by atoms with Crippen LogP contribution in [0, 0.1) is 0 Å². The third kappa shape index (κ3) is 3.37. The summed E-state index contributed by atoms with van der Waals surface area (Å²) in [4.78, 5) is 10.4. The van der Waals surface area contributed by atoms with Gasteiger partial charge in [0, 0.05) is 13.0 Å². The topological polar surface area (TPSA) is 38.3 Å². The van der Waals surface area contributed by atoms with Gasteiger partial charge in [0.05, 0.1) is 6.61 Å². The Hall–Kier alpha value is -0.570. The Bertz CT molecular complexity index is 130. The third-order valence-corrected chi connectivity index (χ3v) is 1.93. The van der Waals surface area contributed by atoms with Crippen molar-refractivity contribution in [2.24, 2.45) is 0 Å². The van der Waals surface area contributed by atoms with Crippen LogP contribution in [0.1, 0.15) is 26.2 Å². The number of hydrogen-bond donors (Lipinski definition) is 1. The van der Waals surface area contributed by atoms with Crippen molar-refractivity contribution in [3.63, 3.8) is 0 Å². The lowest BCUT2D eigenvalue weighted by Crippen LogP contribution is -2.23. The smallest absolute Gasteiger partial charge is 0.302 e. The van der Waals surface area contributed by atoms with Crippen molar-refractivity contribution in [2.75, 3.05) is 13.2 Å². The van der Waals surface area contributed by atoms with Crippen LogP contribution in [-0.2, 0) is 9.53 Å². The minimum Gasteiger partial charge on any atom is -0.466 e. The first-order valence-electron chi connectivity index (χ1n) is 4.16. The molecule has 1 N–H and O–H groups in total. The number of rotatable bonds is 3. The predicted molar refractivity (Wildman–Crippen MR) is 42.3 cm³/mol. The van der Waals surface area contributed by atoms with Crippen molar-refractivity contribution in [3.8, 4) is 0 Å². The number of esters is 1. The molecule has 3 heteroatoms. The van der Waals surface area contributed by atoms with E-state index in [0.717, 1.165) is 13.0 Å². The molecule has 1 atom stereocenters. The minimum atomic E-state index is -0.178. The lowest BCUT2D eigenvalue weighted by atomic mass is 10.2. The standard InChI is InChI=1S/C8H15NO2/c1-7(10)11-6-4-8-3-2-5-9-8/h8-9H,2-6H2,1H3/t8-/m1/s1. The summed E-state index contributed by atoms with van der Waals surface area (Å²) in [5, 5.41) is 3.34. The highest BCUT2D eigenvalue weighted by Gasteiger charge is 2.13. The van der Waals surface area contributed by atoms with Gasteiger partial charge in [-0.3, -0.25) is 4.79 Å². The SMILES string of the molecule is CC(=O)OCC[C@H]1CCCN1. The molecule has 0 aromatic rings. The number of nitrogens with one attached hydrogen (secondary N) is 1. The summed E-state index contributed by atoms with van der Waals surface area (Å²) in [6, 6.07) is 0.578. The average Bonchev–Trinajstić information content (AvgIpc) is 2.39. The van der Waals surface area contributed by atoms with Crippen LogP contribution in [0.2, 0.25) is 0 Å². The zero-order chi connectivity index (χ0) is 8.10. The van der Waals surface area contributed by atoms with Gasteiger partial charge >= 0.3 is 5.97 Å². The summed E-state index contributed by atoms with van der Waals surface area (Å²) in [6.45, 7) is 3.12. The Morgan fingerprint density at radius 2 is 2.55 bits per heavy atom. The van der Waals surface area contributed by atoms with Gasteiger partial charge in [0.1, 0.15) is 0 Å². The molecule has 11 heavy (non-hydrogen) atoms. The quantitative estimate of drug-likeness (QED) is 0.612. The Kier molecular flexibility index (Phi) is 3.36. The van der Waals surface area contributed by atoms with E-state index in [1.165, 1.54) is 19.8 Å². The highest BCUT2D eigenvalue weighted by atomic mass is 16.5. The molecular formula is C8H15NO2. The monoisotopic (exact) mass is 157 g/mol. The van der Waals surface area contributed by atoms with Gasteiger partial charge in [-0.05, 0) is 25.8 Å². The maximum atomic E-state index is 10.4. The van der Waals surface area contributed by atoms with Crippen molar-refractivity contribution < 1.29 is 9.53 Å². The predicted octanol–water partition coefficient (Wildman–Crippen LogP) is 0.692. The Balaban J connectivity index is 1.98. The normalized spacial score (nSPS) is 23.5. The van der Waals surface area contributed by atoms with Crippen LogP contribution >= 0.6 is 0 Å². The first kappa shape index (κ1) is 8.53. The van der Waals surface area contributed by atoms with Gasteiger partial charge in [0.2, 0.25) is 0 Å². The van der Waals surface area contributed by atoms with E-state index in [2.05, 4.69) is 5.32 Å². The van der Waals surface area contributed by atoms with Crippen LogP contribution < -0.4 is 5.32 Å². The van der Waals surface area contributed by atoms with Crippen molar-refractivity contribution in [2.45, 2.75) is 32.2 Å². The molecule has 1 aliphatic heterocycles. The van der Waals surface area contributed by atoms with Crippen molar-refractivity contribution in [1.29, 1.82) is 0 Å². The van der Waals surface area contributed by atoms with Crippen molar-refractivity contribution >= 4 is 5.97 Å². The van der Waals surface area contributed by atoms with E-state index in [1.54, 1.807) is 0 Å². The molecule has 0 spiro atoms. The minimum absolute atomic E-state index is 0.178. The molecule has 1 heterocycles. The highest BCUT2D eigenvalue weighted by Crippen LogP contribution is 2.08. The molecule has 0 radical (unpaired) electrons. The first-order valence-corrected chi connectivity index (χ1v) is 4.16. The maximum Gasteiger partial charge on any atom is 0.302 e. The summed E-state index contributed by atoms with van der Waals surface area (Å²) >= 11 is 0. The fraction of sp³-hybridized carbons (Fsp3) is 0.875. The van der Waals surface area contributed by atoms with Gasteiger partial charge in [0.15, 0.2) is 0 Å². The van der Waals surface area contributed by atoms with E-state index in [0.29, 0.717) is 12.6 Å². The van der Waals surface area contributed by atoms with Gasteiger partial charge < -0.3 is 10.1 Å². The fourth-order valence-corrected chi connectivity index (χ4v) is 1.35. The number of carbonyl (C=O) groups is 1. The summed E-state index contributed by atoms with van der Waals surface area (Å²) in [7, 11) is 0. The largest absolute Gasteiger partial charge is 0.466 e. The van der Waals surface area contributed by atoms with E-state index in [9.17, 15) is 4.79 Å². The zero-order valence-corrected chi connectivity index (χ0v) is 6.93. The number of ether oxygens (including phenoxy) is 1. The van der Waals surface area contributed by atoms with Gasteiger partial charge in [-0.2, -0.15) is 0 Å². The lowest BCUT2D eigenvalue weighted by Gasteiger charge is -2.08. The van der Waals surface area contributed by atoms with Crippen molar-refractivity contribution in [1.82, 2.24) is 5.32 Å². The summed E-state index contributed by atoms with van der Waals surface area (Å²) in [5.41, 5.74) is 0. The van der Waals surface area contributed by atoms with E-state index < -0.39 is 0 Å². The second kappa shape index (κ2) is 4.34. The molecule has 0 saturated carbocycles. The molecule has 0 bridgehead atoms. The van der Waals surface area contributed by atoms with Crippen LogP contribution in [0.4, 0.5) is 0 Å². The Morgan fingerprint density at radius 3 is 3.09 bits per heavy atom. The summed E-state index contributed by atoms with van der Waals surface area (Å²) in [5.74, 6) is -0.178. The lowest BCUT2D eigenvalue weighted by molar-refractivity contribution is -0.141. The molecule has 1 aliphatic rings. The van der Waals surface area contributed by atoms with E-state index in [1.807, 2.05) is 0 Å². The third-order valence-electron chi connectivity index (χ3n) is 1.93. The molecular weight excluding hydrogens is 142 g/mol. The molecule has 1 fully saturated rings. The van der Waals surface area contributed by atoms with Gasteiger partial charge in [-0.15, -0.1) is 0 Å². The van der Waals surface area contributed by atoms with Crippen LogP contribution in [-0.4, -0.2) is 25.2 Å². The molecule has 1 rings (SSSR count). The van der Waals surface area contributed by atoms with Crippen molar-refractivity contribution in [3.05, 3.63) is 0 Å². The number of carbonyl (C=O) groups excluding carboxylic acids is 1. The Morgan fingerprint density at radius 1 is 1.73 bits per heavy atom. The summed E-state index contributed by atoms with van der Waals surface area (Å²) in [6.07, 6.45) is 3.44. The fourth-order valence-electron chi connectivity index (χ4n) is 1.35. The second-order valence-corrected chi connectivity index (χ2v) is 2.92. The molecule has 0 amide bonds. The van der Waals surface area contributed by atoms with Crippen LogP contribution in [0.5, 0.6) is 0 Å². The summed E-state index contributed by atoms with van der Waals surface area (Å²) < 4.78 is 4.82. The average molecular weight is 157 g/mol. The maximum absolute atomic E-state index is 10.4. The van der Waals surface area contributed by atoms with Gasteiger partial charge in [-0.1, -0.05) is 0 Å². The molecule has 0 unspecified atom stereocenters.